The van der Waals surface area contributed by atoms with Gasteiger partial charge < -0.3 is 15.3 Å². The molecule has 0 unspecified atom stereocenters. The van der Waals surface area contributed by atoms with Crippen LogP contribution in [0, 0.1) is 5.92 Å². The maximum atomic E-state index is 12.2. The lowest BCUT2D eigenvalue weighted by atomic mass is 10.0. The molecule has 0 radical (unpaired) electrons. The Balaban J connectivity index is 1.51. The van der Waals surface area contributed by atoms with Gasteiger partial charge in [-0.15, -0.1) is 0 Å². The number of anilines is 2. The van der Waals surface area contributed by atoms with Gasteiger partial charge in [0.05, 0.1) is 5.92 Å². The zero-order chi connectivity index (χ0) is 19.9. The predicted octanol–water partition coefficient (Wildman–Crippen LogP) is 3.19. The van der Waals surface area contributed by atoms with E-state index < -0.39 is 11.9 Å². The summed E-state index contributed by atoms with van der Waals surface area (Å²) in [6.07, 6.45) is -0.0429. The van der Waals surface area contributed by atoms with E-state index in [9.17, 15) is 14.7 Å². The van der Waals surface area contributed by atoms with Gasteiger partial charge in [0.1, 0.15) is 0 Å². The molecule has 1 aliphatic rings. The van der Waals surface area contributed by atoms with Gasteiger partial charge in [-0.3, -0.25) is 14.5 Å². The summed E-state index contributed by atoms with van der Waals surface area (Å²) in [6, 6.07) is 16.8. The van der Waals surface area contributed by atoms with Gasteiger partial charge in [0, 0.05) is 55.5 Å². The van der Waals surface area contributed by atoms with Crippen LogP contribution in [0.15, 0.2) is 54.6 Å². The minimum Gasteiger partial charge on any atom is -0.481 e. The van der Waals surface area contributed by atoms with Gasteiger partial charge in [-0.25, -0.2) is 0 Å². The number of nitrogens with one attached hydrogen (secondary N) is 1. The number of hydrogen-bond donors (Lipinski definition) is 2. The highest BCUT2D eigenvalue weighted by Gasteiger charge is 2.26. The lowest BCUT2D eigenvalue weighted by Gasteiger charge is -2.37. The number of para-hydroxylation sites is 1. The van der Waals surface area contributed by atoms with E-state index in [1.807, 2.05) is 42.5 Å². The Hall–Kier alpha value is -2.57. The monoisotopic (exact) mass is 401 g/mol. The Morgan fingerprint density at radius 1 is 1.04 bits per heavy atom. The van der Waals surface area contributed by atoms with E-state index in [4.69, 9.17) is 11.6 Å². The van der Waals surface area contributed by atoms with Crippen LogP contribution in [0.2, 0.25) is 5.02 Å². The van der Waals surface area contributed by atoms with Crippen LogP contribution >= 0.6 is 11.6 Å². The molecule has 2 N–H and O–H groups in total. The molecule has 2 aromatic rings. The minimum absolute atomic E-state index is 0.0429. The number of hydrogen-bond acceptors (Lipinski definition) is 4. The Morgan fingerprint density at radius 2 is 1.75 bits per heavy atom. The number of piperazine rings is 1. The van der Waals surface area contributed by atoms with Gasteiger partial charge in [-0.05, 0) is 30.3 Å². The molecule has 1 amide bonds. The van der Waals surface area contributed by atoms with E-state index in [0.717, 1.165) is 31.9 Å². The number of benzene rings is 2. The summed E-state index contributed by atoms with van der Waals surface area (Å²) in [5.41, 5.74) is 1.75. The lowest BCUT2D eigenvalue weighted by Crippen LogP contribution is -2.48. The van der Waals surface area contributed by atoms with Crippen LogP contribution in [0.5, 0.6) is 0 Å². The first-order valence-electron chi connectivity index (χ1n) is 9.32. The standard InChI is InChI=1S/C21H24ClN3O3/c22-17-5-4-8-19(14-17)25-11-9-24(10-12-25)15-16(21(27)28)13-20(26)23-18-6-2-1-3-7-18/h1-8,14,16H,9-13,15H2,(H,23,26)(H,27,28)/t16-/m1/s1. The molecule has 0 aliphatic carbocycles. The van der Waals surface area contributed by atoms with Crippen molar-refractivity contribution >= 4 is 34.9 Å². The van der Waals surface area contributed by atoms with Gasteiger partial charge in [-0.1, -0.05) is 35.9 Å². The van der Waals surface area contributed by atoms with E-state index in [-0.39, 0.29) is 12.3 Å². The Morgan fingerprint density at radius 3 is 2.39 bits per heavy atom. The molecule has 0 spiro atoms. The molecule has 1 atom stereocenters. The molecular weight excluding hydrogens is 378 g/mol. The van der Waals surface area contributed by atoms with Crippen LogP contribution in [0.25, 0.3) is 0 Å². The number of carbonyl (C=O) groups excluding carboxylic acids is 1. The zero-order valence-corrected chi connectivity index (χ0v) is 16.3. The van der Waals surface area contributed by atoms with E-state index in [1.165, 1.54) is 0 Å². The highest BCUT2D eigenvalue weighted by atomic mass is 35.5. The topological polar surface area (TPSA) is 72.9 Å². The van der Waals surface area contributed by atoms with Crippen LogP contribution < -0.4 is 10.2 Å². The molecular formula is C21H24ClN3O3. The second-order valence-electron chi connectivity index (χ2n) is 6.92. The summed E-state index contributed by atoms with van der Waals surface area (Å²) in [4.78, 5) is 28.2. The molecule has 0 aromatic heterocycles. The van der Waals surface area contributed by atoms with Crippen molar-refractivity contribution in [3.63, 3.8) is 0 Å². The van der Waals surface area contributed by atoms with Crippen molar-refractivity contribution in [3.8, 4) is 0 Å². The van der Waals surface area contributed by atoms with Crippen LogP contribution in [-0.2, 0) is 9.59 Å². The molecule has 7 heteroatoms. The molecule has 0 saturated carbocycles. The minimum atomic E-state index is -0.944. The number of halogens is 1. The Labute approximate surface area is 169 Å². The average molecular weight is 402 g/mol. The lowest BCUT2D eigenvalue weighted by molar-refractivity contribution is -0.144. The van der Waals surface area contributed by atoms with Crippen molar-refractivity contribution in [2.24, 2.45) is 5.92 Å². The third-order valence-corrected chi connectivity index (χ3v) is 5.10. The highest BCUT2D eigenvalue weighted by molar-refractivity contribution is 6.30. The first-order valence-corrected chi connectivity index (χ1v) is 9.69. The molecule has 148 valence electrons. The second kappa shape index (κ2) is 9.57. The molecule has 1 fully saturated rings. The smallest absolute Gasteiger partial charge is 0.308 e. The molecule has 6 nitrogen and oxygen atoms in total. The first kappa shape index (κ1) is 20.2. The summed E-state index contributed by atoms with van der Waals surface area (Å²) in [7, 11) is 0. The molecule has 0 bridgehead atoms. The number of nitrogens with zero attached hydrogens (tertiary/aromatic N) is 2. The van der Waals surface area contributed by atoms with Crippen LogP contribution in [-0.4, -0.2) is 54.6 Å². The van der Waals surface area contributed by atoms with Gasteiger partial charge >= 0.3 is 5.97 Å². The second-order valence-corrected chi connectivity index (χ2v) is 7.36. The van der Waals surface area contributed by atoms with E-state index in [1.54, 1.807) is 12.1 Å². The summed E-state index contributed by atoms with van der Waals surface area (Å²) in [5.74, 6) is -1.96. The van der Waals surface area contributed by atoms with Crippen LogP contribution in [0.4, 0.5) is 11.4 Å². The number of carboxylic acid groups (broad SMARTS) is 1. The molecule has 1 saturated heterocycles. The average Bonchev–Trinajstić information content (AvgIpc) is 2.68. The largest absolute Gasteiger partial charge is 0.481 e. The highest BCUT2D eigenvalue weighted by Crippen LogP contribution is 2.21. The third kappa shape index (κ3) is 5.71. The maximum Gasteiger partial charge on any atom is 0.308 e. The zero-order valence-electron chi connectivity index (χ0n) is 15.6. The number of amides is 1. The Kier molecular flexibility index (Phi) is 6.90. The number of rotatable bonds is 7. The van der Waals surface area contributed by atoms with E-state index in [0.29, 0.717) is 17.3 Å². The summed E-state index contributed by atoms with van der Waals surface area (Å²) < 4.78 is 0. The fourth-order valence-corrected chi connectivity index (χ4v) is 3.54. The van der Waals surface area contributed by atoms with E-state index in [2.05, 4.69) is 15.1 Å². The summed E-state index contributed by atoms with van der Waals surface area (Å²) in [6.45, 7) is 3.44. The van der Waals surface area contributed by atoms with Crippen molar-refractivity contribution in [2.45, 2.75) is 6.42 Å². The van der Waals surface area contributed by atoms with Crippen molar-refractivity contribution in [1.82, 2.24) is 4.90 Å². The van der Waals surface area contributed by atoms with Crippen LogP contribution in [0.1, 0.15) is 6.42 Å². The van der Waals surface area contributed by atoms with Crippen molar-refractivity contribution < 1.29 is 14.7 Å². The Bertz CT molecular complexity index is 808. The fraction of sp³-hybridized carbons (Fsp3) is 0.333. The number of carbonyl (C=O) groups is 2. The molecule has 1 aliphatic heterocycles. The van der Waals surface area contributed by atoms with Crippen molar-refractivity contribution in [2.75, 3.05) is 42.9 Å². The van der Waals surface area contributed by atoms with Crippen LogP contribution in [0.3, 0.4) is 0 Å². The maximum absolute atomic E-state index is 12.2. The third-order valence-electron chi connectivity index (χ3n) is 4.86. The summed E-state index contributed by atoms with van der Waals surface area (Å²) in [5, 5.41) is 13.0. The molecule has 3 rings (SSSR count). The SMILES string of the molecule is O=C(C[C@H](CN1CCN(c2cccc(Cl)c2)CC1)C(=O)O)Nc1ccccc1. The molecule has 1 heterocycles. The van der Waals surface area contributed by atoms with Crippen molar-refractivity contribution in [1.29, 1.82) is 0 Å². The molecule has 28 heavy (non-hydrogen) atoms. The van der Waals surface area contributed by atoms with Gasteiger partial charge in [0.15, 0.2) is 0 Å². The number of carboxylic acids is 1. The van der Waals surface area contributed by atoms with Crippen molar-refractivity contribution in [3.05, 3.63) is 59.6 Å². The van der Waals surface area contributed by atoms with Gasteiger partial charge in [0.25, 0.3) is 0 Å². The quantitative estimate of drug-likeness (QED) is 0.745. The number of aliphatic carboxylic acids is 1. The van der Waals surface area contributed by atoms with E-state index >= 15 is 0 Å². The normalized spacial score (nSPS) is 15.8. The van der Waals surface area contributed by atoms with Gasteiger partial charge in [0.2, 0.25) is 5.91 Å². The predicted molar refractivity (Wildman–Crippen MR) is 111 cm³/mol. The molecule has 2 aromatic carbocycles. The van der Waals surface area contributed by atoms with Gasteiger partial charge in [-0.2, -0.15) is 0 Å². The summed E-state index contributed by atoms with van der Waals surface area (Å²) >= 11 is 6.06. The first-order chi connectivity index (χ1) is 13.5. The fourth-order valence-electron chi connectivity index (χ4n) is 3.36.